The Balaban J connectivity index is 1.03. The minimum atomic E-state index is -1.32. The van der Waals surface area contributed by atoms with Gasteiger partial charge in [-0.3, -0.25) is 38.6 Å². The van der Waals surface area contributed by atoms with Gasteiger partial charge in [-0.05, 0) is 155 Å². The lowest BCUT2D eigenvalue weighted by atomic mass is 9.51. The first kappa shape index (κ1) is 53.9. The number of hydrogen-bond acceptors (Lipinski definition) is 12. The number of rotatable bonds is 21. The van der Waals surface area contributed by atoms with E-state index in [0.717, 1.165) is 61.0 Å². The van der Waals surface area contributed by atoms with E-state index in [1.807, 2.05) is 38.1 Å². The Morgan fingerprint density at radius 3 is 1.55 bits per heavy atom. The molecule has 6 heterocycles. The van der Waals surface area contributed by atoms with Gasteiger partial charge in [0.15, 0.2) is 11.5 Å². The Morgan fingerprint density at radius 2 is 1.12 bits per heavy atom. The number of aryl methyl sites for hydroxylation is 2. The summed E-state index contributed by atoms with van der Waals surface area (Å²) in [4.78, 5) is 99.1. The molecule has 3 atom stereocenters. The predicted molar refractivity (Wildman–Crippen MR) is 275 cm³/mol. The molecule has 4 fully saturated rings. The summed E-state index contributed by atoms with van der Waals surface area (Å²) in [6.45, 7) is 6.19. The summed E-state index contributed by atoms with van der Waals surface area (Å²) in [6, 6.07) is 14.0. The summed E-state index contributed by atoms with van der Waals surface area (Å²) >= 11 is 0. The first-order valence-corrected chi connectivity index (χ1v) is 26.6. The fourth-order valence-electron chi connectivity index (χ4n) is 13.0. The molecule has 0 radical (unpaired) electrons. The molecule has 2 aliphatic carbocycles. The van der Waals surface area contributed by atoms with Crippen molar-refractivity contribution in [3.8, 4) is 0 Å². The second-order valence-electron chi connectivity index (χ2n) is 21.5. The Morgan fingerprint density at radius 1 is 0.635 bits per heavy atom. The largest absolute Gasteiger partial charge is 0.481 e. The number of furan rings is 2. The molecular weight excluding hydrogens is 947 g/mol. The molecular formula is C56H73N7O11. The van der Waals surface area contributed by atoms with Gasteiger partial charge in [-0.15, -0.1) is 0 Å². The van der Waals surface area contributed by atoms with Crippen LogP contribution in [0.5, 0.6) is 0 Å². The number of piperidine rings is 2. The molecule has 4 aromatic rings. The van der Waals surface area contributed by atoms with Crippen molar-refractivity contribution in [1.82, 2.24) is 24.7 Å². The van der Waals surface area contributed by atoms with Crippen LogP contribution in [0.2, 0.25) is 0 Å². The quantitative estimate of drug-likeness (QED) is 0.0714. The van der Waals surface area contributed by atoms with Crippen LogP contribution in [0.15, 0.2) is 82.3 Å². The summed E-state index contributed by atoms with van der Waals surface area (Å²) in [5.74, 6) is -4.33. The second-order valence-corrected chi connectivity index (χ2v) is 21.5. The minimum absolute atomic E-state index is 0.129. The van der Waals surface area contributed by atoms with Crippen LogP contribution in [0.3, 0.4) is 0 Å². The van der Waals surface area contributed by atoms with E-state index in [-0.39, 0.29) is 41.8 Å². The zero-order valence-electron chi connectivity index (χ0n) is 42.9. The van der Waals surface area contributed by atoms with Crippen LogP contribution in [0.4, 0.5) is 11.6 Å². The molecule has 398 valence electrons. The van der Waals surface area contributed by atoms with Gasteiger partial charge in [0.2, 0.25) is 5.91 Å². The van der Waals surface area contributed by atoms with Gasteiger partial charge >= 0.3 is 17.9 Å². The zero-order chi connectivity index (χ0) is 52.4. The van der Waals surface area contributed by atoms with Crippen molar-refractivity contribution in [2.75, 3.05) is 62.2 Å². The average Bonchev–Trinajstić information content (AvgIpc) is 4.15. The molecule has 2 saturated carbocycles. The molecule has 4 aliphatic rings. The number of aromatic nitrogens is 2. The summed E-state index contributed by atoms with van der Waals surface area (Å²) < 4.78 is 11.1. The monoisotopic (exact) mass is 1020 g/mol. The van der Waals surface area contributed by atoms with Gasteiger partial charge in [-0.2, -0.15) is 0 Å². The fraction of sp³-hybridized carbons (Fsp3) is 0.571. The van der Waals surface area contributed by atoms with Crippen molar-refractivity contribution in [2.24, 2.45) is 22.7 Å². The van der Waals surface area contributed by atoms with Crippen molar-refractivity contribution < 1.29 is 52.9 Å². The van der Waals surface area contributed by atoms with E-state index < -0.39 is 59.6 Å². The van der Waals surface area contributed by atoms with Crippen LogP contribution in [0.1, 0.15) is 135 Å². The summed E-state index contributed by atoms with van der Waals surface area (Å²) in [5.41, 5.74) is 0.498. The molecule has 4 aromatic heterocycles. The number of anilines is 2. The van der Waals surface area contributed by atoms with Gasteiger partial charge in [0.1, 0.15) is 24.7 Å². The van der Waals surface area contributed by atoms with Gasteiger partial charge < -0.3 is 38.9 Å². The van der Waals surface area contributed by atoms with Crippen molar-refractivity contribution in [1.29, 1.82) is 0 Å². The van der Waals surface area contributed by atoms with E-state index in [1.54, 1.807) is 46.5 Å². The topological polar surface area (TPSA) is 231 Å². The highest BCUT2D eigenvalue weighted by atomic mass is 16.4. The lowest BCUT2D eigenvalue weighted by Gasteiger charge is -2.54. The van der Waals surface area contributed by atoms with Crippen molar-refractivity contribution in [3.05, 3.63) is 96.1 Å². The van der Waals surface area contributed by atoms with E-state index >= 15 is 0 Å². The molecule has 74 heavy (non-hydrogen) atoms. The Kier molecular flexibility index (Phi) is 17.7. The normalized spacial score (nSPS) is 21.4. The van der Waals surface area contributed by atoms with E-state index in [9.17, 15) is 44.1 Å². The van der Waals surface area contributed by atoms with Crippen LogP contribution < -0.4 is 9.80 Å². The standard InChI is InChI=1S/C56H73N7O11/c1-39-13-15-46(57-35-39)62(52(69)44-11-8-32-73-44)41-17-26-59(27-18-41)30-24-55(21-5-3-6-22-55)51(54(71)72)43-10-4-7-23-56(43,34-48(64)61(37-49(65)66)38-50(67)68)25-31-60-28-19-42(20-29-60)63(47-16-14-40(2)36-58-47)53(70)45-12-9-33-74-45/h8-9,11-16,32-33,35-36,41-43,51H,3-7,10,17-31,34,37-38H2,1-2H3,(H,65,66)(H,67,68)(H,71,72). The summed E-state index contributed by atoms with van der Waals surface area (Å²) in [7, 11) is 0. The highest BCUT2D eigenvalue weighted by molar-refractivity contribution is 6.04. The molecule has 18 heteroatoms. The molecule has 18 nitrogen and oxygen atoms in total. The highest BCUT2D eigenvalue weighted by Gasteiger charge is 2.55. The molecule has 0 bridgehead atoms. The number of nitrogens with zero attached hydrogens (tertiary/aromatic N) is 7. The molecule has 2 saturated heterocycles. The summed E-state index contributed by atoms with van der Waals surface area (Å²) in [5, 5.41) is 31.4. The third-order valence-corrected chi connectivity index (χ3v) is 16.8. The van der Waals surface area contributed by atoms with Crippen LogP contribution in [0, 0.1) is 36.5 Å². The van der Waals surface area contributed by atoms with Crippen LogP contribution in [-0.2, 0) is 19.2 Å². The number of carbonyl (C=O) groups excluding carboxylic acids is 3. The van der Waals surface area contributed by atoms with Gasteiger partial charge in [-0.25, -0.2) is 9.97 Å². The van der Waals surface area contributed by atoms with E-state index in [1.165, 1.54) is 12.5 Å². The predicted octanol–water partition coefficient (Wildman–Crippen LogP) is 8.20. The fourth-order valence-corrected chi connectivity index (χ4v) is 13.0. The van der Waals surface area contributed by atoms with E-state index in [0.29, 0.717) is 102 Å². The Hall–Kier alpha value is -6.40. The third kappa shape index (κ3) is 12.7. The number of carbonyl (C=O) groups is 6. The van der Waals surface area contributed by atoms with Crippen LogP contribution in [-0.4, -0.2) is 140 Å². The molecule has 2 aliphatic heterocycles. The maximum absolute atomic E-state index is 14.5. The number of carboxylic acids is 3. The summed E-state index contributed by atoms with van der Waals surface area (Å²) in [6.07, 6.45) is 16.9. The van der Waals surface area contributed by atoms with Crippen molar-refractivity contribution in [3.63, 3.8) is 0 Å². The number of aliphatic carboxylic acids is 3. The van der Waals surface area contributed by atoms with Gasteiger partial charge in [-0.1, -0.05) is 44.2 Å². The second kappa shape index (κ2) is 24.3. The molecule has 3 N–H and O–H groups in total. The SMILES string of the molecule is Cc1ccc(N(C(=O)c2ccco2)C2CCN(CCC3(CC(=O)N(CC(=O)O)CC(=O)O)CCCCC3C(C(=O)O)C3(CCN4CCC(N(C(=O)c5ccco5)c5ccc(C)cn5)CC4)CCCCC3)CC2)nc1. The molecule has 3 unspecified atom stereocenters. The number of hydrogen-bond donors (Lipinski definition) is 3. The third-order valence-electron chi connectivity index (χ3n) is 16.8. The number of amides is 3. The Bertz CT molecular complexity index is 2500. The highest BCUT2D eigenvalue weighted by Crippen LogP contribution is 2.58. The van der Waals surface area contributed by atoms with E-state index in [2.05, 4.69) is 19.8 Å². The van der Waals surface area contributed by atoms with Crippen LogP contribution in [0.25, 0.3) is 0 Å². The maximum Gasteiger partial charge on any atom is 0.323 e. The maximum atomic E-state index is 14.5. The van der Waals surface area contributed by atoms with Gasteiger partial charge in [0.25, 0.3) is 11.8 Å². The molecule has 8 rings (SSSR count). The van der Waals surface area contributed by atoms with Crippen molar-refractivity contribution >= 4 is 47.3 Å². The molecule has 0 spiro atoms. The smallest absolute Gasteiger partial charge is 0.323 e. The average molecular weight is 1020 g/mol. The van der Waals surface area contributed by atoms with Gasteiger partial charge in [0, 0.05) is 57.1 Å². The lowest BCUT2D eigenvalue weighted by Crippen LogP contribution is -2.54. The Labute approximate surface area is 433 Å². The zero-order valence-corrected chi connectivity index (χ0v) is 42.9. The number of pyridine rings is 2. The first-order chi connectivity index (χ1) is 35.6. The van der Waals surface area contributed by atoms with Gasteiger partial charge in [0.05, 0.1) is 18.4 Å². The van der Waals surface area contributed by atoms with Crippen LogP contribution >= 0.6 is 0 Å². The molecule has 0 aromatic carbocycles. The first-order valence-electron chi connectivity index (χ1n) is 26.6. The minimum Gasteiger partial charge on any atom is -0.481 e. The lowest BCUT2D eigenvalue weighted by molar-refractivity contribution is -0.162. The number of likely N-dealkylation sites (tertiary alicyclic amines) is 2. The van der Waals surface area contributed by atoms with Crippen molar-refractivity contribution in [2.45, 2.75) is 129 Å². The van der Waals surface area contributed by atoms with E-state index in [4.69, 9.17) is 8.83 Å². The number of carboxylic acid groups (broad SMARTS) is 3. The molecule has 3 amide bonds.